The summed E-state index contributed by atoms with van der Waals surface area (Å²) in [6, 6.07) is 0. The Morgan fingerprint density at radius 3 is 2.86 bits per heavy atom. The van der Waals surface area contributed by atoms with Crippen LogP contribution in [-0.2, 0) is 9.53 Å². The Balaban J connectivity index is 3.51. The van der Waals surface area contributed by atoms with Crippen LogP contribution >= 0.6 is 0 Å². The van der Waals surface area contributed by atoms with E-state index >= 15 is 0 Å². The van der Waals surface area contributed by atoms with Crippen molar-refractivity contribution in [2.75, 3.05) is 6.61 Å². The predicted octanol–water partition coefficient (Wildman–Crippen LogP) is 1.16. The summed E-state index contributed by atoms with van der Waals surface area (Å²) in [5.74, 6) is 14.7. The van der Waals surface area contributed by atoms with Crippen molar-refractivity contribution in [3.8, 4) is 35.7 Å². The second-order valence-electron chi connectivity index (χ2n) is 2.06. The molecule has 0 saturated heterocycles. The normalized spacial score (nSPS) is 6.07. The number of allylic oxidation sites excluding steroid dienone is 1. The molecular formula is C12H10O2. The van der Waals surface area contributed by atoms with E-state index in [0.29, 0.717) is 13.0 Å². The Hall–Kier alpha value is -2.07. The van der Waals surface area contributed by atoms with Gasteiger partial charge in [0, 0.05) is 18.8 Å². The van der Waals surface area contributed by atoms with Crippen LogP contribution in [0.25, 0.3) is 0 Å². The summed E-state index contributed by atoms with van der Waals surface area (Å²) >= 11 is 0. The van der Waals surface area contributed by atoms with E-state index in [1.54, 1.807) is 5.94 Å². The Morgan fingerprint density at radius 2 is 2.14 bits per heavy atom. The molecular weight excluding hydrogens is 176 g/mol. The molecule has 0 aliphatic carbocycles. The predicted molar refractivity (Wildman–Crippen MR) is 54.5 cm³/mol. The molecule has 0 unspecified atom stereocenters. The Morgan fingerprint density at radius 1 is 1.29 bits per heavy atom. The van der Waals surface area contributed by atoms with E-state index in [-0.39, 0.29) is 0 Å². The average molecular weight is 186 g/mol. The summed E-state index contributed by atoms with van der Waals surface area (Å²) in [7, 11) is 0. The Bertz CT molecular complexity index is 368. The first-order chi connectivity index (χ1) is 6.91. The summed E-state index contributed by atoms with van der Waals surface area (Å²) in [4.78, 5) is 9.69. The molecule has 0 saturated carbocycles. The van der Waals surface area contributed by atoms with Gasteiger partial charge in [0.1, 0.15) is 18.7 Å². The minimum absolute atomic E-state index is 0.417. The first-order valence-corrected chi connectivity index (χ1v) is 4.19. The topological polar surface area (TPSA) is 26.3 Å². The van der Waals surface area contributed by atoms with Crippen LogP contribution in [0.4, 0.5) is 0 Å². The summed E-state index contributed by atoms with van der Waals surface area (Å²) in [5.41, 5.74) is 0. The maximum absolute atomic E-state index is 9.69. The van der Waals surface area contributed by atoms with Gasteiger partial charge in [-0.05, 0) is 5.92 Å². The van der Waals surface area contributed by atoms with Crippen LogP contribution in [-0.4, -0.2) is 12.5 Å². The molecule has 0 spiro atoms. The van der Waals surface area contributed by atoms with Gasteiger partial charge >= 0.3 is 0 Å². The molecule has 0 aromatic rings. The van der Waals surface area contributed by atoms with Crippen molar-refractivity contribution in [3.63, 3.8) is 0 Å². The van der Waals surface area contributed by atoms with Gasteiger partial charge in [-0.1, -0.05) is 24.7 Å². The van der Waals surface area contributed by atoms with Crippen molar-refractivity contribution in [1.82, 2.24) is 0 Å². The van der Waals surface area contributed by atoms with E-state index in [4.69, 9.17) is 4.74 Å². The second-order valence-corrected chi connectivity index (χ2v) is 2.06. The molecule has 0 fully saturated rings. The summed E-state index contributed by atoms with van der Waals surface area (Å²) in [6.45, 7) is 2.37. The van der Waals surface area contributed by atoms with Crippen molar-refractivity contribution in [2.45, 2.75) is 19.8 Å². The zero-order chi connectivity index (χ0) is 10.5. The van der Waals surface area contributed by atoms with Gasteiger partial charge in [-0.3, -0.25) is 0 Å². The van der Waals surface area contributed by atoms with Crippen LogP contribution < -0.4 is 0 Å². The molecule has 0 rings (SSSR count). The van der Waals surface area contributed by atoms with E-state index in [0.717, 1.165) is 12.5 Å². The molecule has 70 valence electrons. The molecule has 0 aromatic heterocycles. The molecule has 0 aromatic carbocycles. The van der Waals surface area contributed by atoms with Crippen molar-refractivity contribution >= 4 is 5.94 Å². The highest BCUT2D eigenvalue weighted by atomic mass is 16.5. The fraction of sp³-hybridized carbons (Fsp3) is 0.333. The summed E-state index contributed by atoms with van der Waals surface area (Å²) in [5, 5.41) is 0. The van der Waals surface area contributed by atoms with Crippen molar-refractivity contribution in [3.05, 3.63) is 6.08 Å². The van der Waals surface area contributed by atoms with Gasteiger partial charge in [-0.25, -0.2) is 4.79 Å². The first-order valence-electron chi connectivity index (χ1n) is 4.19. The molecule has 0 aliphatic heterocycles. The number of hydrogen-bond donors (Lipinski definition) is 0. The molecule has 0 amide bonds. The van der Waals surface area contributed by atoms with Crippen LogP contribution in [0.15, 0.2) is 6.08 Å². The van der Waals surface area contributed by atoms with Gasteiger partial charge < -0.3 is 4.74 Å². The molecule has 0 atom stereocenters. The molecule has 0 N–H and O–H groups in total. The zero-order valence-corrected chi connectivity index (χ0v) is 8.02. The highest BCUT2D eigenvalue weighted by molar-refractivity contribution is 5.51. The maximum atomic E-state index is 9.69. The third-order valence-electron chi connectivity index (χ3n) is 1.01. The second kappa shape index (κ2) is 10.9. The zero-order valence-electron chi connectivity index (χ0n) is 8.02. The molecule has 0 aliphatic rings. The highest BCUT2D eigenvalue weighted by Crippen LogP contribution is 1.77. The van der Waals surface area contributed by atoms with E-state index < -0.39 is 0 Å². The molecule has 0 heterocycles. The van der Waals surface area contributed by atoms with Crippen LogP contribution in [0.1, 0.15) is 19.8 Å². The van der Waals surface area contributed by atoms with Crippen molar-refractivity contribution in [1.29, 1.82) is 0 Å². The van der Waals surface area contributed by atoms with Crippen molar-refractivity contribution < 1.29 is 9.53 Å². The lowest BCUT2D eigenvalue weighted by atomic mass is 10.4. The maximum Gasteiger partial charge on any atom is 0.133 e. The van der Waals surface area contributed by atoms with E-state index in [1.165, 1.54) is 0 Å². The van der Waals surface area contributed by atoms with Crippen molar-refractivity contribution in [2.24, 2.45) is 0 Å². The molecule has 2 nitrogen and oxygen atoms in total. The van der Waals surface area contributed by atoms with Crippen LogP contribution in [0.2, 0.25) is 0 Å². The van der Waals surface area contributed by atoms with Gasteiger partial charge in [-0.2, -0.15) is 0 Å². The van der Waals surface area contributed by atoms with Crippen LogP contribution in [0, 0.1) is 35.7 Å². The minimum Gasteiger partial charge on any atom is -0.445 e. The average Bonchev–Trinajstić information content (AvgIpc) is 2.21. The molecule has 0 bridgehead atoms. The van der Waals surface area contributed by atoms with E-state index in [9.17, 15) is 4.79 Å². The third-order valence-corrected chi connectivity index (χ3v) is 1.01. The largest absolute Gasteiger partial charge is 0.445 e. The number of carbonyl (C=O) groups excluding carboxylic acids is 1. The Labute approximate surface area is 84.3 Å². The monoisotopic (exact) mass is 186 g/mol. The number of hydrogen-bond acceptors (Lipinski definition) is 2. The quantitative estimate of drug-likeness (QED) is 0.367. The summed E-state index contributed by atoms with van der Waals surface area (Å²) < 4.78 is 4.88. The van der Waals surface area contributed by atoms with Crippen LogP contribution in [0.5, 0.6) is 0 Å². The number of rotatable bonds is 2. The van der Waals surface area contributed by atoms with E-state index in [2.05, 4.69) is 35.7 Å². The minimum atomic E-state index is 0.417. The molecule has 2 heteroatoms. The van der Waals surface area contributed by atoms with E-state index in [1.807, 2.05) is 6.92 Å². The summed E-state index contributed by atoms with van der Waals surface area (Å²) in [6.07, 6.45) is 4.88. The molecule has 14 heavy (non-hydrogen) atoms. The number of ether oxygens (including phenoxy) is 1. The first kappa shape index (κ1) is 11.9. The van der Waals surface area contributed by atoms with Gasteiger partial charge in [0.05, 0.1) is 6.08 Å². The van der Waals surface area contributed by atoms with Gasteiger partial charge in [-0.15, -0.1) is 0 Å². The highest BCUT2D eigenvalue weighted by Gasteiger charge is 1.76. The lowest BCUT2D eigenvalue weighted by Gasteiger charge is -1.87. The smallest absolute Gasteiger partial charge is 0.133 e. The van der Waals surface area contributed by atoms with Gasteiger partial charge in [0.2, 0.25) is 0 Å². The lowest BCUT2D eigenvalue weighted by molar-refractivity contribution is 0.287. The fourth-order valence-corrected chi connectivity index (χ4v) is 0.500. The van der Waals surface area contributed by atoms with Gasteiger partial charge in [0.15, 0.2) is 0 Å². The fourth-order valence-electron chi connectivity index (χ4n) is 0.500. The Kier molecular flexibility index (Phi) is 9.31. The SMILES string of the molecule is CCC#CC#COCCC#CC=C=O. The standard InChI is InChI=1S/C12H10O2/c1-2-3-4-8-11-14-12-9-6-5-7-10-13/h7H,2,9,12H2,1H3. The molecule has 0 radical (unpaired) electrons. The van der Waals surface area contributed by atoms with Gasteiger partial charge in [0.25, 0.3) is 0 Å². The lowest BCUT2D eigenvalue weighted by Crippen LogP contribution is -1.84. The van der Waals surface area contributed by atoms with Crippen LogP contribution in [0.3, 0.4) is 0 Å². The third kappa shape index (κ3) is 9.93.